The average Bonchev–Trinajstić information content (AvgIpc) is 2.32. The van der Waals surface area contributed by atoms with Gasteiger partial charge in [-0.2, -0.15) is 4.98 Å². The second kappa shape index (κ2) is 6.45. The number of likely N-dealkylation sites (N-methyl/N-ethyl adjacent to an activating group) is 1. The topological polar surface area (TPSA) is 89.3 Å². The molecule has 0 radical (unpaired) electrons. The molecule has 0 aliphatic heterocycles. The van der Waals surface area contributed by atoms with Crippen LogP contribution in [-0.2, 0) is 4.79 Å². The predicted octanol–water partition coefficient (Wildman–Crippen LogP) is 1.78. The van der Waals surface area contributed by atoms with Crippen LogP contribution in [0.1, 0.15) is 34.6 Å². The summed E-state index contributed by atoms with van der Waals surface area (Å²) in [6.45, 7) is 10.0. The fourth-order valence-electron chi connectivity index (χ4n) is 1.52. The first-order valence-corrected chi connectivity index (χ1v) is 6.72. The fraction of sp³-hybridized carbons (Fsp3) is 0.571. The van der Waals surface area contributed by atoms with Gasteiger partial charge in [0, 0.05) is 6.54 Å². The van der Waals surface area contributed by atoms with E-state index in [0.717, 1.165) is 0 Å². The number of aromatic nitrogens is 1. The molecule has 1 rings (SSSR count). The minimum absolute atomic E-state index is 0.0792. The predicted molar refractivity (Wildman–Crippen MR) is 80.8 cm³/mol. The van der Waals surface area contributed by atoms with E-state index in [2.05, 4.69) is 15.6 Å². The third-order valence-corrected chi connectivity index (χ3v) is 2.40. The lowest BCUT2D eigenvalue weighted by Gasteiger charge is -2.22. The number of anilines is 2. The lowest BCUT2D eigenvalue weighted by atomic mass is 10.2. The molecule has 1 unspecified atom stereocenters. The number of pyridine rings is 1. The molecule has 0 aromatic carbocycles. The summed E-state index contributed by atoms with van der Waals surface area (Å²) in [7, 11) is 0. The third kappa shape index (κ3) is 4.95. The lowest BCUT2D eigenvalue weighted by Crippen LogP contribution is -2.37. The highest BCUT2D eigenvalue weighted by Crippen LogP contribution is 2.25. The number of nitrogens with one attached hydrogen (secondary N) is 2. The van der Waals surface area contributed by atoms with Crippen molar-refractivity contribution in [3.8, 4) is 5.88 Å². The van der Waals surface area contributed by atoms with Gasteiger partial charge in [-0.05, 0) is 46.8 Å². The van der Waals surface area contributed by atoms with Gasteiger partial charge in [-0.15, -0.1) is 0 Å². The molecule has 0 fully saturated rings. The molecular weight excluding hydrogens is 256 g/mol. The lowest BCUT2D eigenvalue weighted by molar-refractivity contribution is -0.121. The van der Waals surface area contributed by atoms with Crippen LogP contribution in [0.2, 0.25) is 0 Å². The van der Waals surface area contributed by atoms with E-state index in [9.17, 15) is 4.79 Å². The van der Waals surface area contributed by atoms with Crippen molar-refractivity contribution in [3.05, 3.63) is 12.1 Å². The zero-order valence-corrected chi connectivity index (χ0v) is 12.8. The van der Waals surface area contributed by atoms with E-state index in [-0.39, 0.29) is 17.6 Å². The van der Waals surface area contributed by atoms with Crippen LogP contribution in [0.3, 0.4) is 0 Å². The summed E-state index contributed by atoms with van der Waals surface area (Å²) in [5.41, 5.74) is 5.93. The van der Waals surface area contributed by atoms with Crippen LogP contribution in [0.5, 0.6) is 5.88 Å². The van der Waals surface area contributed by atoms with E-state index in [1.54, 1.807) is 19.1 Å². The maximum Gasteiger partial charge on any atom is 0.242 e. The SMILES string of the molecule is CCNC(=O)C(C)Nc1ccc(N)c(OC(C)(C)C)n1. The van der Waals surface area contributed by atoms with Crippen LogP contribution in [0.4, 0.5) is 11.5 Å². The molecule has 1 amide bonds. The molecule has 0 saturated carbocycles. The number of rotatable bonds is 5. The molecule has 0 aliphatic rings. The number of hydrogen-bond donors (Lipinski definition) is 3. The number of ether oxygens (including phenoxy) is 1. The molecule has 1 aromatic rings. The Morgan fingerprint density at radius 3 is 2.65 bits per heavy atom. The molecular formula is C14H24N4O2. The Bertz CT molecular complexity index is 469. The van der Waals surface area contributed by atoms with Gasteiger partial charge in [0.2, 0.25) is 11.8 Å². The Kier molecular flexibility index (Phi) is 5.19. The Morgan fingerprint density at radius 2 is 2.10 bits per heavy atom. The summed E-state index contributed by atoms with van der Waals surface area (Å²) in [6.07, 6.45) is 0. The highest BCUT2D eigenvalue weighted by Gasteiger charge is 2.17. The summed E-state index contributed by atoms with van der Waals surface area (Å²) in [6, 6.07) is 3.05. The number of nitrogens with zero attached hydrogens (tertiary/aromatic N) is 1. The number of carbonyl (C=O) groups excluding carboxylic acids is 1. The summed E-state index contributed by atoms with van der Waals surface area (Å²) in [4.78, 5) is 16.0. The van der Waals surface area contributed by atoms with Crippen LogP contribution >= 0.6 is 0 Å². The minimum Gasteiger partial charge on any atom is -0.470 e. The van der Waals surface area contributed by atoms with Gasteiger partial charge >= 0.3 is 0 Å². The molecule has 112 valence electrons. The van der Waals surface area contributed by atoms with Crippen LogP contribution in [0.15, 0.2) is 12.1 Å². The van der Waals surface area contributed by atoms with Crippen molar-refractivity contribution in [2.24, 2.45) is 0 Å². The van der Waals surface area contributed by atoms with E-state index in [0.29, 0.717) is 23.9 Å². The van der Waals surface area contributed by atoms with Gasteiger partial charge in [-0.25, -0.2) is 0 Å². The van der Waals surface area contributed by atoms with Crippen molar-refractivity contribution in [2.75, 3.05) is 17.6 Å². The van der Waals surface area contributed by atoms with Crippen molar-refractivity contribution < 1.29 is 9.53 Å². The van der Waals surface area contributed by atoms with E-state index >= 15 is 0 Å². The standard InChI is InChI=1S/C14H24N4O2/c1-6-16-12(19)9(2)17-11-8-7-10(15)13(18-11)20-14(3,4)5/h7-9H,6,15H2,1-5H3,(H,16,19)(H,17,18). The minimum atomic E-state index is -0.384. The summed E-state index contributed by atoms with van der Waals surface area (Å²) in [5, 5.41) is 5.77. The average molecular weight is 280 g/mol. The Morgan fingerprint density at radius 1 is 1.45 bits per heavy atom. The molecule has 0 aliphatic carbocycles. The Labute approximate surface area is 120 Å². The molecule has 1 aromatic heterocycles. The Hall–Kier alpha value is -1.98. The van der Waals surface area contributed by atoms with Crippen molar-refractivity contribution in [1.29, 1.82) is 0 Å². The van der Waals surface area contributed by atoms with Gasteiger partial charge in [-0.3, -0.25) is 4.79 Å². The van der Waals surface area contributed by atoms with E-state index in [1.165, 1.54) is 0 Å². The van der Waals surface area contributed by atoms with Gasteiger partial charge in [0.1, 0.15) is 17.5 Å². The first-order chi connectivity index (χ1) is 9.23. The molecule has 6 heteroatoms. The zero-order chi connectivity index (χ0) is 15.3. The third-order valence-electron chi connectivity index (χ3n) is 2.40. The molecule has 0 bridgehead atoms. The zero-order valence-electron chi connectivity index (χ0n) is 12.8. The molecule has 1 heterocycles. The second-order valence-electron chi connectivity index (χ2n) is 5.57. The highest BCUT2D eigenvalue weighted by molar-refractivity contribution is 5.83. The first-order valence-electron chi connectivity index (χ1n) is 6.72. The highest BCUT2D eigenvalue weighted by atomic mass is 16.5. The van der Waals surface area contributed by atoms with Crippen LogP contribution in [0.25, 0.3) is 0 Å². The molecule has 1 atom stereocenters. The monoisotopic (exact) mass is 280 g/mol. The molecule has 20 heavy (non-hydrogen) atoms. The van der Waals surface area contributed by atoms with Crippen LogP contribution < -0.4 is 21.1 Å². The van der Waals surface area contributed by atoms with Crippen LogP contribution in [-0.4, -0.2) is 29.1 Å². The summed E-state index contributed by atoms with van der Waals surface area (Å²) in [5.74, 6) is 0.840. The summed E-state index contributed by atoms with van der Waals surface area (Å²) >= 11 is 0. The second-order valence-corrected chi connectivity index (χ2v) is 5.57. The number of amides is 1. The van der Waals surface area contributed by atoms with Gasteiger partial charge in [-0.1, -0.05) is 0 Å². The quantitative estimate of drug-likeness (QED) is 0.765. The van der Waals surface area contributed by atoms with Crippen molar-refractivity contribution in [2.45, 2.75) is 46.3 Å². The van der Waals surface area contributed by atoms with Crippen molar-refractivity contribution >= 4 is 17.4 Å². The van der Waals surface area contributed by atoms with E-state index in [4.69, 9.17) is 10.5 Å². The molecule has 6 nitrogen and oxygen atoms in total. The van der Waals surface area contributed by atoms with E-state index in [1.807, 2.05) is 27.7 Å². The molecule has 4 N–H and O–H groups in total. The van der Waals surface area contributed by atoms with Crippen LogP contribution in [0, 0.1) is 0 Å². The fourth-order valence-corrected chi connectivity index (χ4v) is 1.52. The molecule has 0 spiro atoms. The van der Waals surface area contributed by atoms with Crippen molar-refractivity contribution in [3.63, 3.8) is 0 Å². The smallest absolute Gasteiger partial charge is 0.242 e. The maximum absolute atomic E-state index is 11.7. The van der Waals surface area contributed by atoms with Gasteiger partial charge in [0.15, 0.2) is 0 Å². The van der Waals surface area contributed by atoms with Gasteiger partial charge < -0.3 is 21.1 Å². The first kappa shape index (κ1) is 16.1. The Balaban J connectivity index is 2.82. The van der Waals surface area contributed by atoms with E-state index < -0.39 is 0 Å². The van der Waals surface area contributed by atoms with Crippen molar-refractivity contribution in [1.82, 2.24) is 10.3 Å². The number of hydrogen-bond acceptors (Lipinski definition) is 5. The number of carbonyl (C=O) groups is 1. The van der Waals surface area contributed by atoms with Gasteiger partial charge in [0.25, 0.3) is 0 Å². The summed E-state index contributed by atoms with van der Waals surface area (Å²) < 4.78 is 5.69. The molecule has 0 saturated heterocycles. The normalized spacial score (nSPS) is 12.7. The largest absolute Gasteiger partial charge is 0.470 e. The number of nitrogen functional groups attached to an aromatic ring is 1. The van der Waals surface area contributed by atoms with Gasteiger partial charge in [0.05, 0.1) is 5.69 Å². The number of nitrogens with two attached hydrogens (primary N) is 1. The maximum atomic E-state index is 11.7.